The van der Waals surface area contributed by atoms with Crippen molar-refractivity contribution in [2.45, 2.75) is 33.2 Å². The molecule has 126 valence electrons. The molecule has 2 amide bonds. The van der Waals surface area contributed by atoms with Crippen molar-refractivity contribution < 1.29 is 28.7 Å². The summed E-state index contributed by atoms with van der Waals surface area (Å²) in [6.45, 7) is 4.50. The molecule has 0 saturated heterocycles. The lowest BCUT2D eigenvalue weighted by Crippen LogP contribution is -2.39. The first-order valence-corrected chi connectivity index (χ1v) is 6.55. The Morgan fingerprint density at radius 1 is 1.05 bits per heavy atom. The summed E-state index contributed by atoms with van der Waals surface area (Å²) < 4.78 is 8.77. The lowest BCUT2D eigenvalue weighted by atomic mass is 10.2. The van der Waals surface area contributed by atoms with Crippen LogP contribution in [0.15, 0.2) is 12.2 Å². The molecule has 0 spiro atoms. The smallest absolute Gasteiger partial charge is 0.328 e. The van der Waals surface area contributed by atoms with E-state index in [-0.39, 0.29) is 18.4 Å². The monoisotopic (exact) mass is 316 g/mol. The summed E-state index contributed by atoms with van der Waals surface area (Å²) in [4.78, 5) is 42.2. The van der Waals surface area contributed by atoms with Gasteiger partial charge in [0.25, 0.3) is 0 Å². The molecular formula is C14H24N2O6. The van der Waals surface area contributed by atoms with Crippen molar-refractivity contribution in [3.8, 4) is 0 Å². The van der Waals surface area contributed by atoms with E-state index in [0.29, 0.717) is 6.42 Å². The minimum Gasteiger partial charge on any atom is -0.468 e. The van der Waals surface area contributed by atoms with Crippen molar-refractivity contribution in [1.82, 2.24) is 10.6 Å². The van der Waals surface area contributed by atoms with Gasteiger partial charge in [-0.2, -0.15) is 0 Å². The number of carbonyl (C=O) groups is 4. The average molecular weight is 316 g/mol. The third-order valence-electron chi connectivity index (χ3n) is 2.18. The molecule has 2 N–H and O–H groups in total. The Labute approximate surface area is 130 Å². The van der Waals surface area contributed by atoms with Crippen LogP contribution in [0.5, 0.6) is 0 Å². The summed E-state index contributed by atoms with van der Waals surface area (Å²) in [5.41, 5.74) is 0. The van der Waals surface area contributed by atoms with Crippen LogP contribution >= 0.6 is 0 Å². The number of nitrogens with one attached hydrogen (secondary N) is 2. The third-order valence-corrected chi connectivity index (χ3v) is 2.18. The van der Waals surface area contributed by atoms with Gasteiger partial charge >= 0.3 is 11.9 Å². The average Bonchev–Trinajstić information content (AvgIpc) is 2.48. The van der Waals surface area contributed by atoms with Crippen molar-refractivity contribution in [3.05, 3.63) is 12.2 Å². The number of allylic oxidation sites excluding steroid dienone is 1. The Morgan fingerprint density at radius 2 is 1.64 bits per heavy atom. The van der Waals surface area contributed by atoms with Crippen LogP contribution in [0.4, 0.5) is 0 Å². The van der Waals surface area contributed by atoms with Gasteiger partial charge in [-0.1, -0.05) is 12.2 Å². The Kier molecular flexibility index (Phi) is 13.5. The van der Waals surface area contributed by atoms with Crippen LogP contribution in [0.25, 0.3) is 0 Å². The second-order valence-electron chi connectivity index (χ2n) is 4.07. The van der Waals surface area contributed by atoms with Gasteiger partial charge in [-0.15, -0.1) is 0 Å². The van der Waals surface area contributed by atoms with Crippen molar-refractivity contribution in [2.75, 3.05) is 20.8 Å². The van der Waals surface area contributed by atoms with Crippen molar-refractivity contribution in [2.24, 2.45) is 0 Å². The highest BCUT2D eigenvalue weighted by Crippen LogP contribution is 1.96. The second-order valence-corrected chi connectivity index (χ2v) is 4.07. The fourth-order valence-corrected chi connectivity index (χ4v) is 1.14. The lowest BCUT2D eigenvalue weighted by molar-refractivity contribution is -0.144. The van der Waals surface area contributed by atoms with E-state index in [1.807, 2.05) is 13.0 Å². The Hall–Kier alpha value is -2.38. The SMILES string of the molecule is C/C=C\CC(NC(C)=O)C(=O)OC.COC(=O)CNC(C)=O. The van der Waals surface area contributed by atoms with Gasteiger partial charge in [0.2, 0.25) is 11.8 Å². The van der Waals surface area contributed by atoms with Gasteiger partial charge in [-0.05, 0) is 13.3 Å². The van der Waals surface area contributed by atoms with Gasteiger partial charge < -0.3 is 20.1 Å². The first kappa shape index (κ1) is 21.9. The molecule has 1 unspecified atom stereocenters. The molecule has 0 aliphatic rings. The highest BCUT2D eigenvalue weighted by molar-refractivity contribution is 5.83. The van der Waals surface area contributed by atoms with E-state index in [1.54, 1.807) is 6.08 Å². The molecule has 0 saturated carbocycles. The van der Waals surface area contributed by atoms with Crippen LogP contribution < -0.4 is 10.6 Å². The van der Waals surface area contributed by atoms with Gasteiger partial charge in [-0.25, -0.2) is 4.79 Å². The molecule has 0 radical (unpaired) electrons. The van der Waals surface area contributed by atoms with Crippen molar-refractivity contribution in [1.29, 1.82) is 0 Å². The highest BCUT2D eigenvalue weighted by Gasteiger charge is 2.17. The summed E-state index contributed by atoms with van der Waals surface area (Å²) in [6, 6.07) is -0.571. The number of rotatable bonds is 6. The summed E-state index contributed by atoms with van der Waals surface area (Å²) in [5.74, 6) is -1.33. The number of ether oxygens (including phenoxy) is 2. The summed E-state index contributed by atoms with van der Waals surface area (Å²) in [7, 11) is 2.57. The van der Waals surface area contributed by atoms with Gasteiger partial charge in [-0.3, -0.25) is 14.4 Å². The Bertz CT molecular complexity index is 406. The molecule has 0 aromatic carbocycles. The number of esters is 2. The maximum atomic E-state index is 11.1. The zero-order valence-electron chi connectivity index (χ0n) is 13.6. The third kappa shape index (κ3) is 14.0. The molecule has 1 atom stereocenters. The molecule has 0 rings (SSSR count). The first-order valence-electron chi connectivity index (χ1n) is 6.55. The molecule has 0 heterocycles. The fraction of sp³-hybridized carbons (Fsp3) is 0.571. The quantitative estimate of drug-likeness (QED) is 0.524. The van der Waals surface area contributed by atoms with E-state index in [9.17, 15) is 19.2 Å². The molecule has 8 heteroatoms. The maximum absolute atomic E-state index is 11.1. The Morgan fingerprint density at radius 3 is 2.00 bits per heavy atom. The van der Waals surface area contributed by atoms with Gasteiger partial charge in [0.15, 0.2) is 0 Å². The van der Waals surface area contributed by atoms with Crippen LogP contribution in [-0.2, 0) is 28.7 Å². The highest BCUT2D eigenvalue weighted by atomic mass is 16.5. The number of carbonyl (C=O) groups excluding carboxylic acids is 4. The summed E-state index contributed by atoms with van der Waals surface area (Å²) in [5, 5.41) is 4.78. The van der Waals surface area contributed by atoms with Crippen LogP contribution in [0.2, 0.25) is 0 Å². The van der Waals surface area contributed by atoms with Crippen molar-refractivity contribution >= 4 is 23.8 Å². The number of amides is 2. The largest absolute Gasteiger partial charge is 0.468 e. The predicted molar refractivity (Wildman–Crippen MR) is 79.8 cm³/mol. The predicted octanol–water partition coefficient (Wildman–Crippen LogP) is -0.0742. The normalized spacial score (nSPS) is 10.8. The second kappa shape index (κ2) is 13.6. The van der Waals surface area contributed by atoms with E-state index >= 15 is 0 Å². The zero-order valence-corrected chi connectivity index (χ0v) is 13.6. The van der Waals surface area contributed by atoms with Crippen molar-refractivity contribution in [3.63, 3.8) is 0 Å². The lowest BCUT2D eigenvalue weighted by Gasteiger charge is -2.12. The van der Waals surface area contributed by atoms with Gasteiger partial charge in [0.05, 0.1) is 14.2 Å². The van der Waals surface area contributed by atoms with Crippen LogP contribution in [0, 0.1) is 0 Å². The number of hydrogen-bond donors (Lipinski definition) is 2. The molecule has 8 nitrogen and oxygen atoms in total. The number of hydrogen-bond acceptors (Lipinski definition) is 6. The van der Waals surface area contributed by atoms with E-state index in [2.05, 4.69) is 20.1 Å². The van der Waals surface area contributed by atoms with Crippen LogP contribution in [0.1, 0.15) is 27.2 Å². The van der Waals surface area contributed by atoms with E-state index < -0.39 is 18.0 Å². The summed E-state index contributed by atoms with van der Waals surface area (Å²) >= 11 is 0. The van der Waals surface area contributed by atoms with E-state index in [4.69, 9.17) is 0 Å². The van der Waals surface area contributed by atoms with Crippen LogP contribution in [0.3, 0.4) is 0 Å². The molecule has 22 heavy (non-hydrogen) atoms. The molecule has 0 aliphatic carbocycles. The molecule has 0 bridgehead atoms. The topological polar surface area (TPSA) is 111 Å². The molecular weight excluding hydrogens is 292 g/mol. The van der Waals surface area contributed by atoms with Gasteiger partial charge in [0.1, 0.15) is 12.6 Å². The fourth-order valence-electron chi connectivity index (χ4n) is 1.14. The van der Waals surface area contributed by atoms with E-state index in [0.717, 1.165) is 0 Å². The zero-order chi connectivity index (χ0) is 17.5. The molecule has 0 fully saturated rings. The summed E-state index contributed by atoms with van der Waals surface area (Å²) in [6.07, 6.45) is 4.08. The molecule has 0 aliphatic heterocycles. The first-order chi connectivity index (χ1) is 10.3. The molecule has 0 aromatic rings. The minimum atomic E-state index is -0.571. The standard InChI is InChI=1S/C9H15NO3.C5H9NO3/c1-4-5-6-8(9(12)13-3)10-7(2)11;1-4(7)6-3-5(8)9-2/h4-5,8H,6H2,1-3H3,(H,10,11);3H2,1-2H3,(H,6,7)/b5-4-;. The Balaban J connectivity index is 0. The maximum Gasteiger partial charge on any atom is 0.328 e. The van der Waals surface area contributed by atoms with Crippen LogP contribution in [-0.4, -0.2) is 50.6 Å². The molecule has 0 aromatic heterocycles. The number of methoxy groups -OCH3 is 2. The van der Waals surface area contributed by atoms with E-state index in [1.165, 1.54) is 28.1 Å². The minimum absolute atomic E-state index is 0.0498. The van der Waals surface area contributed by atoms with Gasteiger partial charge in [0, 0.05) is 13.8 Å².